The second-order valence-electron chi connectivity index (χ2n) is 9.82. The van der Waals surface area contributed by atoms with Gasteiger partial charge in [0.25, 0.3) is 5.69 Å². The largest absolute Gasteiger partial charge is 0.353 e. The predicted molar refractivity (Wildman–Crippen MR) is 106 cm³/mol. The fraction of sp³-hybridized carbons (Fsp3) is 0.682. The van der Waals surface area contributed by atoms with Crippen molar-refractivity contribution in [3.05, 3.63) is 39.9 Å². The van der Waals surface area contributed by atoms with E-state index >= 15 is 0 Å². The second-order valence-corrected chi connectivity index (χ2v) is 9.82. The molecule has 28 heavy (non-hydrogen) atoms. The van der Waals surface area contributed by atoms with Crippen LogP contribution < -0.4 is 10.6 Å². The molecule has 6 heteroatoms. The van der Waals surface area contributed by atoms with Crippen LogP contribution in [0.15, 0.2) is 24.3 Å². The van der Waals surface area contributed by atoms with Crippen molar-refractivity contribution in [1.82, 2.24) is 10.6 Å². The first kappa shape index (κ1) is 18.1. The number of non-ortho nitro benzene ring substituents is 1. The Morgan fingerprint density at radius 1 is 1.07 bits per heavy atom. The Hall–Kier alpha value is -1.95. The monoisotopic (exact) mass is 383 g/mol. The summed E-state index contributed by atoms with van der Waals surface area (Å²) in [6, 6.07) is 7.47. The van der Waals surface area contributed by atoms with Gasteiger partial charge < -0.3 is 10.6 Å². The minimum Gasteiger partial charge on any atom is -0.353 e. The molecule has 0 aromatic heterocycles. The van der Waals surface area contributed by atoms with E-state index in [1.165, 1.54) is 12.0 Å². The van der Waals surface area contributed by atoms with Crippen LogP contribution >= 0.6 is 0 Å². The van der Waals surface area contributed by atoms with E-state index < -0.39 is 0 Å². The van der Waals surface area contributed by atoms with Crippen LogP contribution in [0.1, 0.15) is 56.9 Å². The molecule has 2 N–H and O–H groups in total. The Bertz CT molecular complexity index is 771. The lowest BCUT2D eigenvalue weighted by molar-refractivity contribution is -0.384. The number of hydrogen-bond donors (Lipinski definition) is 2. The third-order valence-electron chi connectivity index (χ3n) is 7.91. The topological polar surface area (TPSA) is 84.3 Å². The molecule has 4 bridgehead atoms. The summed E-state index contributed by atoms with van der Waals surface area (Å²) >= 11 is 0. The van der Waals surface area contributed by atoms with E-state index in [2.05, 4.69) is 10.6 Å². The van der Waals surface area contributed by atoms with Gasteiger partial charge in [-0.1, -0.05) is 12.1 Å². The molecule has 1 saturated heterocycles. The highest BCUT2D eigenvalue weighted by atomic mass is 16.6. The van der Waals surface area contributed by atoms with Gasteiger partial charge in [0.05, 0.1) is 10.3 Å². The number of nitrogens with zero attached hydrogens (tertiary/aromatic N) is 1. The number of nitro benzene ring substituents is 1. The number of nitro groups is 1. The van der Waals surface area contributed by atoms with Gasteiger partial charge in [-0.3, -0.25) is 14.9 Å². The standard InChI is InChI=1S/C22H29N3O3/c26-20(24-18-5-7-23-8-6-18)22-12-15-9-16(13-22)11-21(10-15,14-22)17-1-3-19(4-2-17)25(27)28/h1-4,15-16,18,23H,5-14H2,(H,24,26). The van der Waals surface area contributed by atoms with Crippen LogP contribution in [0, 0.1) is 27.4 Å². The molecule has 4 aliphatic carbocycles. The Labute approximate surface area is 165 Å². The number of nitrogens with one attached hydrogen (secondary N) is 2. The molecule has 1 aliphatic heterocycles. The van der Waals surface area contributed by atoms with Gasteiger partial charge in [-0.25, -0.2) is 0 Å². The fourth-order valence-corrected chi connectivity index (χ4v) is 7.11. The van der Waals surface area contributed by atoms with E-state index in [4.69, 9.17) is 0 Å². The van der Waals surface area contributed by atoms with Crippen molar-refractivity contribution in [2.75, 3.05) is 13.1 Å². The van der Waals surface area contributed by atoms with Crippen LogP contribution in [0.4, 0.5) is 5.69 Å². The fourth-order valence-electron chi connectivity index (χ4n) is 7.11. The Morgan fingerprint density at radius 2 is 1.71 bits per heavy atom. The minimum absolute atomic E-state index is 0.0185. The van der Waals surface area contributed by atoms with Crippen LogP contribution in [0.5, 0.6) is 0 Å². The van der Waals surface area contributed by atoms with Gasteiger partial charge in [0.2, 0.25) is 5.91 Å². The molecule has 6 rings (SSSR count). The first-order chi connectivity index (χ1) is 13.5. The molecule has 1 amide bonds. The molecule has 4 saturated carbocycles. The molecule has 0 spiro atoms. The summed E-state index contributed by atoms with van der Waals surface area (Å²) in [5.41, 5.74) is 1.12. The SMILES string of the molecule is O=C(NC1CCNCC1)C12CC3CC(C1)CC(c1ccc([N+](=O)[O-])cc1)(C3)C2. The average molecular weight is 383 g/mol. The summed E-state index contributed by atoms with van der Waals surface area (Å²) in [4.78, 5) is 24.2. The van der Waals surface area contributed by atoms with Crippen molar-refractivity contribution >= 4 is 11.6 Å². The van der Waals surface area contributed by atoms with E-state index in [9.17, 15) is 14.9 Å². The minimum atomic E-state index is -0.336. The van der Waals surface area contributed by atoms with Crippen LogP contribution in [0.25, 0.3) is 0 Å². The van der Waals surface area contributed by atoms with Crippen molar-refractivity contribution in [3.63, 3.8) is 0 Å². The lowest BCUT2D eigenvalue weighted by Crippen LogP contribution is -2.60. The first-order valence-electron chi connectivity index (χ1n) is 10.7. The Morgan fingerprint density at radius 3 is 2.32 bits per heavy atom. The van der Waals surface area contributed by atoms with Crippen molar-refractivity contribution in [2.24, 2.45) is 17.3 Å². The zero-order valence-corrected chi connectivity index (χ0v) is 16.3. The van der Waals surface area contributed by atoms with Crippen molar-refractivity contribution in [2.45, 2.75) is 62.8 Å². The van der Waals surface area contributed by atoms with Crippen LogP contribution in [0.2, 0.25) is 0 Å². The molecule has 6 nitrogen and oxygen atoms in total. The number of hydrogen-bond acceptors (Lipinski definition) is 4. The van der Waals surface area contributed by atoms with Gasteiger partial charge >= 0.3 is 0 Å². The van der Waals surface area contributed by atoms with Gasteiger partial charge in [0.15, 0.2) is 0 Å². The van der Waals surface area contributed by atoms with Gasteiger partial charge in [-0.2, -0.15) is 0 Å². The summed E-state index contributed by atoms with van der Waals surface area (Å²) in [7, 11) is 0. The van der Waals surface area contributed by atoms with Gasteiger partial charge in [0.1, 0.15) is 0 Å². The van der Waals surface area contributed by atoms with Gasteiger partial charge in [-0.15, -0.1) is 0 Å². The van der Waals surface area contributed by atoms with Crippen LogP contribution in [0.3, 0.4) is 0 Å². The molecular weight excluding hydrogens is 354 g/mol. The second kappa shape index (κ2) is 6.55. The molecule has 5 aliphatic rings. The lowest BCUT2D eigenvalue weighted by atomic mass is 9.42. The predicted octanol–water partition coefficient (Wildman–Crippen LogP) is 3.30. The van der Waals surface area contributed by atoms with E-state index in [1.807, 2.05) is 12.1 Å². The maximum atomic E-state index is 13.5. The highest BCUT2D eigenvalue weighted by Crippen LogP contribution is 2.65. The number of benzene rings is 1. The lowest BCUT2D eigenvalue weighted by Gasteiger charge is -2.61. The van der Waals surface area contributed by atoms with Gasteiger partial charge in [0, 0.05) is 18.2 Å². The highest BCUT2D eigenvalue weighted by Gasteiger charge is 2.61. The van der Waals surface area contributed by atoms with E-state index in [0.29, 0.717) is 17.9 Å². The highest BCUT2D eigenvalue weighted by molar-refractivity contribution is 5.84. The summed E-state index contributed by atoms with van der Waals surface area (Å²) in [5.74, 6) is 1.49. The van der Waals surface area contributed by atoms with E-state index in [1.54, 1.807) is 12.1 Å². The summed E-state index contributed by atoms with van der Waals surface area (Å²) in [6.45, 7) is 1.96. The van der Waals surface area contributed by atoms with E-state index in [0.717, 1.165) is 58.0 Å². The zero-order valence-electron chi connectivity index (χ0n) is 16.3. The summed E-state index contributed by atoms with van der Waals surface area (Å²) in [5, 5.41) is 17.8. The molecule has 1 aromatic carbocycles. The quantitative estimate of drug-likeness (QED) is 0.617. The van der Waals surface area contributed by atoms with Crippen molar-refractivity contribution < 1.29 is 9.72 Å². The maximum Gasteiger partial charge on any atom is 0.269 e. The molecule has 1 aromatic rings. The first-order valence-corrected chi connectivity index (χ1v) is 10.7. The molecular formula is C22H29N3O3. The Kier molecular flexibility index (Phi) is 4.23. The molecule has 150 valence electrons. The summed E-state index contributed by atoms with van der Waals surface area (Å²) < 4.78 is 0. The van der Waals surface area contributed by atoms with Crippen molar-refractivity contribution in [3.8, 4) is 0 Å². The zero-order chi connectivity index (χ0) is 19.4. The molecule has 2 atom stereocenters. The normalized spacial score (nSPS) is 37.0. The molecule has 0 radical (unpaired) electrons. The van der Waals surface area contributed by atoms with Crippen LogP contribution in [-0.4, -0.2) is 30.0 Å². The van der Waals surface area contributed by atoms with Crippen molar-refractivity contribution in [1.29, 1.82) is 0 Å². The molecule has 5 fully saturated rings. The number of carbonyl (C=O) groups is 1. The number of amides is 1. The molecule has 1 heterocycles. The average Bonchev–Trinajstić information content (AvgIpc) is 2.68. The van der Waals surface area contributed by atoms with Crippen LogP contribution in [-0.2, 0) is 10.2 Å². The maximum absolute atomic E-state index is 13.5. The summed E-state index contributed by atoms with van der Waals surface area (Å²) in [6.07, 6.45) is 8.49. The number of piperidine rings is 1. The molecule has 2 unspecified atom stereocenters. The van der Waals surface area contributed by atoms with E-state index in [-0.39, 0.29) is 27.3 Å². The van der Waals surface area contributed by atoms with Gasteiger partial charge in [-0.05, 0) is 87.3 Å². The smallest absolute Gasteiger partial charge is 0.269 e. The third-order valence-corrected chi connectivity index (χ3v) is 7.91. The third kappa shape index (κ3) is 2.93. The number of carbonyl (C=O) groups excluding carboxylic acids is 1. The number of rotatable bonds is 4. The Balaban J connectivity index is 1.42.